The van der Waals surface area contributed by atoms with Crippen LogP contribution in [0.5, 0.6) is 0 Å². The Hall–Kier alpha value is -0.0800. The first-order valence-corrected chi connectivity index (χ1v) is 7.74. The van der Waals surface area contributed by atoms with E-state index in [9.17, 15) is 0 Å². The minimum absolute atomic E-state index is 0.461. The molecule has 1 heterocycles. The molecular weight excluding hydrogens is 208 g/mol. The van der Waals surface area contributed by atoms with E-state index in [4.69, 9.17) is 5.73 Å². The number of rotatable bonds is 4. The smallest absolute Gasteiger partial charge is 0.00928 e. The van der Waals surface area contributed by atoms with Gasteiger partial charge in [0.1, 0.15) is 0 Å². The number of nitrogens with zero attached hydrogens (tertiary/aromatic N) is 1. The summed E-state index contributed by atoms with van der Waals surface area (Å²) < 4.78 is 0. The maximum atomic E-state index is 6.12. The van der Waals surface area contributed by atoms with Crippen LogP contribution in [0.2, 0.25) is 0 Å². The van der Waals surface area contributed by atoms with Gasteiger partial charge in [-0.1, -0.05) is 32.6 Å². The zero-order valence-electron chi connectivity index (χ0n) is 11.6. The van der Waals surface area contributed by atoms with Crippen molar-refractivity contribution in [2.24, 2.45) is 11.1 Å². The van der Waals surface area contributed by atoms with Gasteiger partial charge in [-0.15, -0.1) is 0 Å². The third-order valence-electron chi connectivity index (χ3n) is 5.11. The van der Waals surface area contributed by atoms with Gasteiger partial charge in [0, 0.05) is 12.6 Å². The van der Waals surface area contributed by atoms with Crippen molar-refractivity contribution < 1.29 is 0 Å². The molecule has 2 aliphatic rings. The zero-order chi connectivity index (χ0) is 12.1. The first-order chi connectivity index (χ1) is 8.29. The molecule has 0 aromatic carbocycles. The first kappa shape index (κ1) is 13.4. The Morgan fingerprint density at radius 1 is 1.12 bits per heavy atom. The van der Waals surface area contributed by atoms with Crippen LogP contribution in [-0.2, 0) is 0 Å². The molecule has 0 spiro atoms. The van der Waals surface area contributed by atoms with Crippen molar-refractivity contribution in [2.75, 3.05) is 19.6 Å². The van der Waals surface area contributed by atoms with Crippen molar-refractivity contribution in [3.05, 3.63) is 0 Å². The molecule has 2 rings (SSSR count). The van der Waals surface area contributed by atoms with Gasteiger partial charge < -0.3 is 5.73 Å². The Morgan fingerprint density at radius 2 is 1.88 bits per heavy atom. The van der Waals surface area contributed by atoms with E-state index in [1.165, 1.54) is 70.9 Å². The average Bonchev–Trinajstić information content (AvgIpc) is 2.40. The number of hydrogen-bond donors (Lipinski definition) is 1. The quantitative estimate of drug-likeness (QED) is 0.815. The lowest BCUT2D eigenvalue weighted by Crippen LogP contribution is -2.49. The molecular formula is C15H30N2. The van der Waals surface area contributed by atoms with E-state index in [0.717, 1.165) is 12.6 Å². The lowest BCUT2D eigenvalue weighted by molar-refractivity contribution is 0.0587. The van der Waals surface area contributed by atoms with Crippen molar-refractivity contribution >= 4 is 0 Å². The van der Waals surface area contributed by atoms with Crippen LogP contribution in [0.25, 0.3) is 0 Å². The van der Waals surface area contributed by atoms with Crippen LogP contribution >= 0.6 is 0 Å². The molecule has 1 aliphatic carbocycles. The SMILES string of the molecule is CCC1CCCCN1CC1(CN)CCCCC1. The largest absolute Gasteiger partial charge is 0.330 e. The van der Waals surface area contributed by atoms with E-state index in [1.807, 2.05) is 0 Å². The van der Waals surface area contributed by atoms with Gasteiger partial charge in [0.25, 0.3) is 0 Å². The summed E-state index contributed by atoms with van der Waals surface area (Å²) in [6.07, 6.45) is 12.6. The summed E-state index contributed by atoms with van der Waals surface area (Å²) in [5.74, 6) is 0. The summed E-state index contributed by atoms with van der Waals surface area (Å²) in [6, 6.07) is 0.842. The molecule has 0 bridgehead atoms. The predicted molar refractivity (Wildman–Crippen MR) is 74.1 cm³/mol. The molecule has 0 aromatic heterocycles. The highest BCUT2D eigenvalue weighted by atomic mass is 15.2. The molecule has 1 unspecified atom stereocenters. The predicted octanol–water partition coefficient (Wildman–Crippen LogP) is 3.16. The molecule has 1 aliphatic heterocycles. The van der Waals surface area contributed by atoms with Crippen molar-refractivity contribution in [1.82, 2.24) is 4.90 Å². The molecule has 2 nitrogen and oxygen atoms in total. The summed E-state index contributed by atoms with van der Waals surface area (Å²) in [5.41, 5.74) is 6.58. The van der Waals surface area contributed by atoms with Gasteiger partial charge in [0.05, 0.1) is 0 Å². The maximum Gasteiger partial charge on any atom is 0.00928 e. The molecule has 2 heteroatoms. The van der Waals surface area contributed by atoms with Crippen LogP contribution in [0.3, 0.4) is 0 Å². The highest BCUT2D eigenvalue weighted by molar-refractivity contribution is 4.89. The summed E-state index contributed by atoms with van der Waals surface area (Å²) in [4.78, 5) is 2.77. The van der Waals surface area contributed by atoms with Gasteiger partial charge >= 0.3 is 0 Å². The van der Waals surface area contributed by atoms with Crippen LogP contribution < -0.4 is 5.73 Å². The Balaban J connectivity index is 1.96. The number of piperidine rings is 1. The highest BCUT2D eigenvalue weighted by Crippen LogP contribution is 2.37. The topological polar surface area (TPSA) is 29.3 Å². The monoisotopic (exact) mass is 238 g/mol. The van der Waals surface area contributed by atoms with E-state index in [1.54, 1.807) is 0 Å². The molecule has 1 saturated carbocycles. The molecule has 1 saturated heterocycles. The van der Waals surface area contributed by atoms with Crippen LogP contribution in [-0.4, -0.2) is 30.6 Å². The maximum absolute atomic E-state index is 6.12. The molecule has 0 amide bonds. The first-order valence-electron chi connectivity index (χ1n) is 7.74. The second-order valence-electron chi connectivity index (χ2n) is 6.29. The average molecular weight is 238 g/mol. The lowest BCUT2D eigenvalue weighted by Gasteiger charge is -2.44. The van der Waals surface area contributed by atoms with Gasteiger partial charge in [-0.05, 0) is 50.6 Å². The third-order valence-corrected chi connectivity index (χ3v) is 5.11. The van der Waals surface area contributed by atoms with Gasteiger partial charge in [0.15, 0.2) is 0 Å². The normalized spacial score (nSPS) is 30.4. The van der Waals surface area contributed by atoms with Gasteiger partial charge in [-0.3, -0.25) is 4.90 Å². The van der Waals surface area contributed by atoms with E-state index >= 15 is 0 Å². The lowest BCUT2D eigenvalue weighted by atomic mass is 9.73. The zero-order valence-corrected chi connectivity index (χ0v) is 11.6. The summed E-state index contributed by atoms with van der Waals surface area (Å²) in [7, 11) is 0. The molecule has 2 fully saturated rings. The van der Waals surface area contributed by atoms with Crippen LogP contribution in [0.1, 0.15) is 64.7 Å². The molecule has 1 atom stereocenters. The Bertz CT molecular complexity index is 221. The fraction of sp³-hybridized carbons (Fsp3) is 1.00. The number of nitrogens with two attached hydrogens (primary N) is 1. The minimum Gasteiger partial charge on any atom is -0.330 e. The highest BCUT2D eigenvalue weighted by Gasteiger charge is 2.34. The van der Waals surface area contributed by atoms with Gasteiger partial charge in [-0.25, -0.2) is 0 Å². The standard InChI is InChI=1S/C15H30N2/c1-2-14-8-4-7-11-17(14)13-15(12-16)9-5-3-6-10-15/h14H,2-13,16H2,1H3. The summed E-state index contributed by atoms with van der Waals surface area (Å²) in [6.45, 7) is 5.85. The van der Waals surface area contributed by atoms with Gasteiger partial charge in [0.2, 0.25) is 0 Å². The fourth-order valence-corrected chi connectivity index (χ4v) is 3.89. The van der Waals surface area contributed by atoms with E-state index in [0.29, 0.717) is 5.41 Å². The van der Waals surface area contributed by atoms with E-state index in [-0.39, 0.29) is 0 Å². The van der Waals surface area contributed by atoms with E-state index < -0.39 is 0 Å². The fourth-order valence-electron chi connectivity index (χ4n) is 3.89. The van der Waals surface area contributed by atoms with Crippen LogP contribution in [0.4, 0.5) is 0 Å². The summed E-state index contributed by atoms with van der Waals surface area (Å²) in [5, 5.41) is 0. The molecule has 100 valence electrons. The van der Waals surface area contributed by atoms with Crippen molar-refractivity contribution in [3.63, 3.8) is 0 Å². The second-order valence-corrected chi connectivity index (χ2v) is 6.29. The Labute approximate surface area is 107 Å². The van der Waals surface area contributed by atoms with Crippen molar-refractivity contribution in [3.8, 4) is 0 Å². The van der Waals surface area contributed by atoms with Crippen LogP contribution in [0, 0.1) is 5.41 Å². The second kappa shape index (κ2) is 6.19. The van der Waals surface area contributed by atoms with E-state index in [2.05, 4.69) is 11.8 Å². The summed E-state index contributed by atoms with van der Waals surface area (Å²) >= 11 is 0. The van der Waals surface area contributed by atoms with Gasteiger partial charge in [-0.2, -0.15) is 0 Å². The molecule has 2 N–H and O–H groups in total. The van der Waals surface area contributed by atoms with Crippen molar-refractivity contribution in [2.45, 2.75) is 70.8 Å². The minimum atomic E-state index is 0.461. The van der Waals surface area contributed by atoms with Crippen LogP contribution in [0.15, 0.2) is 0 Å². The molecule has 0 radical (unpaired) electrons. The Morgan fingerprint density at radius 3 is 2.53 bits per heavy atom. The van der Waals surface area contributed by atoms with Crippen molar-refractivity contribution in [1.29, 1.82) is 0 Å². The Kier molecular flexibility index (Phi) is 4.87. The molecule has 17 heavy (non-hydrogen) atoms. The molecule has 0 aromatic rings. The number of hydrogen-bond acceptors (Lipinski definition) is 2. The third kappa shape index (κ3) is 3.23. The number of likely N-dealkylation sites (tertiary alicyclic amines) is 1.